The first-order chi connectivity index (χ1) is 11.8. The van der Waals surface area contributed by atoms with Crippen molar-refractivity contribution >= 4 is 39.0 Å². The standard InChI is InChI=1S/C17H20ClN3O3S/c1-3-25(23,24)21-16-10-8-15(9-11-16)20-17(22)19-12(2)13-4-6-14(18)7-5-13/h4-12,21H,3H2,1-2H3,(H2,19,20,22). The lowest BCUT2D eigenvalue weighted by molar-refractivity contribution is 0.249. The predicted octanol–water partition coefficient (Wildman–Crippen LogP) is 3.98. The van der Waals surface area contributed by atoms with Gasteiger partial charge < -0.3 is 10.6 Å². The van der Waals surface area contributed by atoms with Crippen LogP contribution in [0, 0.1) is 0 Å². The van der Waals surface area contributed by atoms with E-state index in [4.69, 9.17) is 11.6 Å². The molecular formula is C17H20ClN3O3S. The Morgan fingerprint density at radius 3 is 2.16 bits per heavy atom. The minimum Gasteiger partial charge on any atom is -0.331 e. The van der Waals surface area contributed by atoms with E-state index < -0.39 is 10.0 Å². The lowest BCUT2D eigenvalue weighted by atomic mass is 10.1. The predicted molar refractivity (Wildman–Crippen MR) is 102 cm³/mol. The quantitative estimate of drug-likeness (QED) is 0.707. The Hall–Kier alpha value is -2.25. The molecule has 0 aliphatic carbocycles. The average Bonchev–Trinajstić information content (AvgIpc) is 2.57. The number of benzene rings is 2. The van der Waals surface area contributed by atoms with Crippen LogP contribution in [0.2, 0.25) is 5.02 Å². The molecule has 3 N–H and O–H groups in total. The zero-order valence-electron chi connectivity index (χ0n) is 13.9. The van der Waals surface area contributed by atoms with Gasteiger partial charge in [0.05, 0.1) is 11.8 Å². The number of sulfonamides is 1. The summed E-state index contributed by atoms with van der Waals surface area (Å²) < 4.78 is 25.5. The summed E-state index contributed by atoms with van der Waals surface area (Å²) in [7, 11) is -3.32. The van der Waals surface area contributed by atoms with E-state index in [1.54, 1.807) is 43.3 Å². The molecule has 0 bridgehead atoms. The molecule has 0 saturated carbocycles. The highest BCUT2D eigenvalue weighted by molar-refractivity contribution is 7.92. The summed E-state index contributed by atoms with van der Waals surface area (Å²) in [5, 5.41) is 6.16. The van der Waals surface area contributed by atoms with Gasteiger partial charge in [0.25, 0.3) is 0 Å². The molecule has 0 aromatic heterocycles. The first-order valence-corrected chi connectivity index (χ1v) is 9.75. The molecular weight excluding hydrogens is 362 g/mol. The van der Waals surface area contributed by atoms with E-state index in [1.165, 1.54) is 0 Å². The van der Waals surface area contributed by atoms with Gasteiger partial charge in [-0.15, -0.1) is 0 Å². The first-order valence-electron chi connectivity index (χ1n) is 7.72. The molecule has 2 aromatic rings. The monoisotopic (exact) mass is 381 g/mol. The van der Waals surface area contributed by atoms with Gasteiger partial charge in [0.15, 0.2) is 0 Å². The molecule has 0 fully saturated rings. The average molecular weight is 382 g/mol. The van der Waals surface area contributed by atoms with E-state index in [0.29, 0.717) is 16.4 Å². The van der Waals surface area contributed by atoms with Crippen LogP contribution in [-0.2, 0) is 10.0 Å². The Labute approximate surface area is 152 Å². The van der Waals surface area contributed by atoms with Crippen molar-refractivity contribution in [3.8, 4) is 0 Å². The maximum atomic E-state index is 12.1. The van der Waals surface area contributed by atoms with E-state index >= 15 is 0 Å². The van der Waals surface area contributed by atoms with Gasteiger partial charge in [0.1, 0.15) is 0 Å². The van der Waals surface area contributed by atoms with Crippen molar-refractivity contribution in [2.45, 2.75) is 19.9 Å². The van der Waals surface area contributed by atoms with Crippen LogP contribution in [-0.4, -0.2) is 20.2 Å². The Morgan fingerprint density at radius 1 is 1.04 bits per heavy atom. The maximum Gasteiger partial charge on any atom is 0.319 e. The summed E-state index contributed by atoms with van der Waals surface area (Å²) >= 11 is 5.85. The van der Waals surface area contributed by atoms with E-state index in [2.05, 4.69) is 15.4 Å². The zero-order chi connectivity index (χ0) is 18.4. The van der Waals surface area contributed by atoms with Crippen molar-refractivity contribution in [3.05, 3.63) is 59.1 Å². The Kier molecular flexibility index (Phi) is 6.27. The molecule has 134 valence electrons. The maximum absolute atomic E-state index is 12.1. The van der Waals surface area contributed by atoms with Crippen molar-refractivity contribution in [1.29, 1.82) is 0 Å². The smallest absolute Gasteiger partial charge is 0.319 e. The molecule has 2 amide bonds. The van der Waals surface area contributed by atoms with Crippen LogP contribution in [0.1, 0.15) is 25.5 Å². The van der Waals surface area contributed by atoms with Crippen LogP contribution in [0.5, 0.6) is 0 Å². The molecule has 1 atom stereocenters. The van der Waals surface area contributed by atoms with Crippen LogP contribution in [0.3, 0.4) is 0 Å². The number of carbonyl (C=O) groups is 1. The van der Waals surface area contributed by atoms with Crippen molar-refractivity contribution in [2.75, 3.05) is 15.8 Å². The molecule has 8 heteroatoms. The number of amides is 2. The van der Waals surface area contributed by atoms with Gasteiger partial charge in [-0.2, -0.15) is 0 Å². The van der Waals surface area contributed by atoms with Gasteiger partial charge >= 0.3 is 6.03 Å². The number of anilines is 2. The molecule has 0 saturated heterocycles. The van der Waals surface area contributed by atoms with E-state index in [-0.39, 0.29) is 17.8 Å². The number of urea groups is 1. The van der Waals surface area contributed by atoms with Crippen LogP contribution in [0.15, 0.2) is 48.5 Å². The third-order valence-corrected chi connectivity index (χ3v) is 5.07. The van der Waals surface area contributed by atoms with E-state index in [1.807, 2.05) is 19.1 Å². The highest BCUT2D eigenvalue weighted by atomic mass is 35.5. The number of halogens is 1. The third-order valence-electron chi connectivity index (χ3n) is 3.51. The number of hydrogen-bond donors (Lipinski definition) is 3. The second kappa shape index (κ2) is 8.22. The van der Waals surface area contributed by atoms with Crippen LogP contribution in [0.4, 0.5) is 16.2 Å². The molecule has 25 heavy (non-hydrogen) atoms. The lowest BCUT2D eigenvalue weighted by Crippen LogP contribution is -2.31. The summed E-state index contributed by atoms with van der Waals surface area (Å²) in [6.07, 6.45) is 0. The van der Waals surface area contributed by atoms with Gasteiger partial charge in [0, 0.05) is 16.4 Å². The van der Waals surface area contributed by atoms with Crippen LogP contribution < -0.4 is 15.4 Å². The van der Waals surface area contributed by atoms with Gasteiger partial charge in [-0.3, -0.25) is 4.72 Å². The topological polar surface area (TPSA) is 87.3 Å². The normalized spacial score (nSPS) is 12.3. The number of nitrogens with one attached hydrogen (secondary N) is 3. The van der Waals surface area contributed by atoms with Gasteiger partial charge in [-0.1, -0.05) is 23.7 Å². The lowest BCUT2D eigenvalue weighted by Gasteiger charge is -2.15. The molecule has 0 spiro atoms. The summed E-state index contributed by atoms with van der Waals surface area (Å²) in [6, 6.07) is 13.1. The Balaban J connectivity index is 1.93. The molecule has 1 unspecified atom stereocenters. The summed E-state index contributed by atoms with van der Waals surface area (Å²) in [6.45, 7) is 3.43. The number of carbonyl (C=O) groups excluding carboxylic acids is 1. The van der Waals surface area contributed by atoms with Crippen molar-refractivity contribution in [2.24, 2.45) is 0 Å². The van der Waals surface area contributed by atoms with E-state index in [0.717, 1.165) is 5.56 Å². The third kappa shape index (κ3) is 5.95. The number of rotatable bonds is 6. The van der Waals surface area contributed by atoms with Gasteiger partial charge in [-0.25, -0.2) is 13.2 Å². The second-order valence-electron chi connectivity index (χ2n) is 5.45. The fraction of sp³-hybridized carbons (Fsp3) is 0.235. The molecule has 0 aliphatic rings. The highest BCUT2D eigenvalue weighted by Gasteiger charge is 2.10. The zero-order valence-corrected chi connectivity index (χ0v) is 15.5. The molecule has 6 nitrogen and oxygen atoms in total. The van der Waals surface area contributed by atoms with Crippen LogP contribution in [0.25, 0.3) is 0 Å². The summed E-state index contributed by atoms with van der Waals surface area (Å²) in [5.74, 6) is -0.00199. The minimum absolute atomic E-state index is 0.00199. The van der Waals surface area contributed by atoms with Crippen molar-refractivity contribution < 1.29 is 13.2 Å². The van der Waals surface area contributed by atoms with Crippen molar-refractivity contribution in [3.63, 3.8) is 0 Å². The molecule has 0 radical (unpaired) electrons. The van der Waals surface area contributed by atoms with Crippen LogP contribution >= 0.6 is 11.6 Å². The molecule has 0 heterocycles. The van der Waals surface area contributed by atoms with Gasteiger partial charge in [-0.05, 0) is 55.8 Å². The van der Waals surface area contributed by atoms with Crippen molar-refractivity contribution in [1.82, 2.24) is 5.32 Å². The number of hydrogen-bond acceptors (Lipinski definition) is 3. The Morgan fingerprint density at radius 2 is 1.60 bits per heavy atom. The SMILES string of the molecule is CCS(=O)(=O)Nc1ccc(NC(=O)NC(C)c2ccc(Cl)cc2)cc1. The minimum atomic E-state index is -3.32. The second-order valence-corrected chi connectivity index (χ2v) is 7.90. The first kappa shape index (κ1) is 19.1. The summed E-state index contributed by atoms with van der Waals surface area (Å²) in [4.78, 5) is 12.1. The fourth-order valence-corrected chi connectivity index (χ4v) is 2.84. The summed E-state index contributed by atoms with van der Waals surface area (Å²) in [5.41, 5.74) is 1.94. The Bertz CT molecular complexity index is 821. The highest BCUT2D eigenvalue weighted by Crippen LogP contribution is 2.17. The molecule has 2 rings (SSSR count). The molecule has 2 aromatic carbocycles. The molecule has 0 aliphatic heterocycles. The van der Waals surface area contributed by atoms with E-state index in [9.17, 15) is 13.2 Å². The van der Waals surface area contributed by atoms with Gasteiger partial charge in [0.2, 0.25) is 10.0 Å². The fourth-order valence-electron chi connectivity index (χ4n) is 2.07. The largest absolute Gasteiger partial charge is 0.331 e.